The van der Waals surface area contributed by atoms with Crippen molar-refractivity contribution in [1.82, 2.24) is 34.8 Å². The second kappa shape index (κ2) is 8.14. The molecule has 9 nitrogen and oxygen atoms in total. The molecule has 6 aromatic rings. The Hall–Kier alpha value is -5.05. The third kappa shape index (κ3) is 3.61. The van der Waals surface area contributed by atoms with Crippen molar-refractivity contribution in [1.29, 1.82) is 0 Å². The van der Waals surface area contributed by atoms with E-state index in [4.69, 9.17) is 5.10 Å². The summed E-state index contributed by atoms with van der Waals surface area (Å²) >= 11 is 0. The van der Waals surface area contributed by atoms with Crippen LogP contribution < -0.4 is 5.32 Å². The van der Waals surface area contributed by atoms with E-state index in [1.807, 2.05) is 72.8 Å². The first-order chi connectivity index (χ1) is 16.7. The fraction of sp³-hybridized carbons (Fsp3) is 0. The van der Waals surface area contributed by atoms with Crippen LogP contribution >= 0.6 is 0 Å². The highest BCUT2D eigenvalue weighted by molar-refractivity contribution is 6.03. The highest BCUT2D eigenvalue weighted by Gasteiger charge is 2.13. The Morgan fingerprint density at radius 3 is 2.56 bits per heavy atom. The third-order valence-electron chi connectivity index (χ3n) is 5.30. The zero-order valence-electron chi connectivity index (χ0n) is 17.7. The highest BCUT2D eigenvalue weighted by atomic mass is 16.1. The molecule has 162 valence electrons. The van der Waals surface area contributed by atoms with E-state index in [0.29, 0.717) is 28.4 Å². The lowest BCUT2D eigenvalue weighted by Gasteiger charge is -2.08. The fourth-order valence-electron chi connectivity index (χ4n) is 3.64. The molecule has 0 atom stereocenters. The van der Waals surface area contributed by atoms with Crippen LogP contribution in [-0.2, 0) is 0 Å². The van der Waals surface area contributed by atoms with E-state index < -0.39 is 0 Å². The van der Waals surface area contributed by atoms with Gasteiger partial charge in [0.15, 0.2) is 11.5 Å². The second-order valence-corrected chi connectivity index (χ2v) is 7.53. The second-order valence-electron chi connectivity index (χ2n) is 7.53. The smallest absolute Gasteiger partial charge is 0.275 e. The molecule has 34 heavy (non-hydrogen) atoms. The molecular formula is C25H16N8O. The summed E-state index contributed by atoms with van der Waals surface area (Å²) in [5, 5.41) is 16.1. The zero-order chi connectivity index (χ0) is 22.9. The van der Waals surface area contributed by atoms with Crippen molar-refractivity contribution in [2.75, 3.05) is 5.32 Å². The number of anilines is 1. The first-order valence-electron chi connectivity index (χ1n) is 10.5. The number of carbonyl (C=O) groups excluding carboxylic acids is 1. The summed E-state index contributed by atoms with van der Waals surface area (Å²) in [4.78, 5) is 25.6. The molecule has 6 rings (SSSR count). The van der Waals surface area contributed by atoms with Crippen molar-refractivity contribution in [2.45, 2.75) is 0 Å². The number of pyridine rings is 1. The molecule has 9 heteroatoms. The average Bonchev–Trinajstić information content (AvgIpc) is 3.32. The molecule has 0 unspecified atom stereocenters. The van der Waals surface area contributed by atoms with E-state index >= 15 is 0 Å². The third-order valence-corrected chi connectivity index (χ3v) is 5.30. The molecular weight excluding hydrogens is 428 g/mol. The normalized spacial score (nSPS) is 11.1. The van der Waals surface area contributed by atoms with E-state index in [2.05, 4.69) is 30.5 Å². The number of fused-ring (bicyclic) bond motifs is 2. The summed E-state index contributed by atoms with van der Waals surface area (Å²) in [6.07, 6.45) is 4.88. The average molecular weight is 444 g/mol. The van der Waals surface area contributed by atoms with Crippen LogP contribution in [0.5, 0.6) is 0 Å². The van der Waals surface area contributed by atoms with Gasteiger partial charge in [-0.05, 0) is 48.5 Å². The number of nitrogens with one attached hydrogen (secondary N) is 1. The maximum absolute atomic E-state index is 12.8. The number of para-hydroxylation sites is 2. The number of nitrogens with zero attached hydrogens (tertiary/aromatic N) is 7. The predicted molar refractivity (Wildman–Crippen MR) is 127 cm³/mol. The molecule has 1 amide bonds. The number of benzene rings is 2. The van der Waals surface area contributed by atoms with Gasteiger partial charge in [0.1, 0.15) is 5.69 Å². The summed E-state index contributed by atoms with van der Waals surface area (Å²) < 4.78 is 1.70. The monoisotopic (exact) mass is 444 g/mol. The lowest BCUT2D eigenvalue weighted by molar-refractivity contribution is 0.102. The maximum atomic E-state index is 12.8. The Kier molecular flexibility index (Phi) is 4.70. The van der Waals surface area contributed by atoms with Crippen LogP contribution in [0.15, 0.2) is 91.4 Å². The molecule has 0 aliphatic rings. The van der Waals surface area contributed by atoms with Crippen LogP contribution in [0.3, 0.4) is 0 Å². The van der Waals surface area contributed by atoms with E-state index in [1.165, 1.54) is 6.20 Å². The van der Waals surface area contributed by atoms with Gasteiger partial charge in [0.2, 0.25) is 0 Å². The van der Waals surface area contributed by atoms with Crippen molar-refractivity contribution in [3.05, 3.63) is 97.1 Å². The Morgan fingerprint density at radius 2 is 1.68 bits per heavy atom. The van der Waals surface area contributed by atoms with Gasteiger partial charge in [-0.3, -0.25) is 14.8 Å². The molecule has 0 radical (unpaired) electrons. The lowest BCUT2D eigenvalue weighted by Crippen LogP contribution is -2.14. The molecule has 0 aliphatic carbocycles. The van der Waals surface area contributed by atoms with Crippen LogP contribution in [-0.4, -0.2) is 40.7 Å². The number of hydrogen-bond donors (Lipinski definition) is 1. The largest absolute Gasteiger partial charge is 0.321 e. The Bertz CT molecular complexity index is 1660. The molecule has 0 aliphatic heterocycles. The summed E-state index contributed by atoms with van der Waals surface area (Å²) in [5.41, 5.74) is 5.32. The maximum Gasteiger partial charge on any atom is 0.275 e. The lowest BCUT2D eigenvalue weighted by atomic mass is 10.1. The molecule has 0 saturated carbocycles. The van der Waals surface area contributed by atoms with Crippen molar-refractivity contribution in [3.63, 3.8) is 0 Å². The van der Waals surface area contributed by atoms with Crippen LogP contribution in [0, 0.1) is 0 Å². The first-order valence-corrected chi connectivity index (χ1v) is 10.5. The summed E-state index contributed by atoms with van der Waals surface area (Å²) in [5.74, 6) is 0.288. The molecule has 1 N–H and O–H groups in total. The molecule has 0 spiro atoms. The Labute approximate surface area is 193 Å². The van der Waals surface area contributed by atoms with Crippen LogP contribution in [0.25, 0.3) is 39.3 Å². The number of amides is 1. The van der Waals surface area contributed by atoms with Gasteiger partial charge in [-0.15, -0.1) is 10.2 Å². The van der Waals surface area contributed by atoms with Crippen molar-refractivity contribution in [2.24, 2.45) is 0 Å². The minimum Gasteiger partial charge on any atom is -0.321 e. The zero-order valence-corrected chi connectivity index (χ0v) is 17.7. The number of hydrogen-bond acceptors (Lipinski definition) is 7. The standard InChI is InChI=1S/C25H16N8O/c34-25(22-15-27-20-6-1-2-7-21(20)29-22)28-18-5-3-4-17(14-18)19-8-9-23-30-31-24(33(23)32-19)16-10-12-26-13-11-16/h1-15H,(H,28,34). The molecule has 4 heterocycles. The molecule has 4 aromatic heterocycles. The van der Waals surface area contributed by atoms with E-state index in [-0.39, 0.29) is 11.6 Å². The van der Waals surface area contributed by atoms with Crippen molar-refractivity contribution in [3.8, 4) is 22.6 Å². The van der Waals surface area contributed by atoms with Gasteiger partial charge in [0.05, 0.1) is 22.9 Å². The Balaban J connectivity index is 1.31. The van der Waals surface area contributed by atoms with E-state index in [0.717, 1.165) is 16.6 Å². The van der Waals surface area contributed by atoms with E-state index in [9.17, 15) is 4.79 Å². The van der Waals surface area contributed by atoms with Gasteiger partial charge in [-0.2, -0.15) is 9.61 Å². The van der Waals surface area contributed by atoms with Crippen molar-refractivity contribution >= 4 is 28.3 Å². The topological polar surface area (TPSA) is 111 Å². The highest BCUT2D eigenvalue weighted by Crippen LogP contribution is 2.23. The van der Waals surface area contributed by atoms with Gasteiger partial charge >= 0.3 is 0 Å². The van der Waals surface area contributed by atoms with Crippen LogP contribution in [0.1, 0.15) is 10.5 Å². The van der Waals surface area contributed by atoms with Gasteiger partial charge in [0.25, 0.3) is 5.91 Å². The number of aromatic nitrogens is 7. The van der Waals surface area contributed by atoms with Gasteiger partial charge in [-0.1, -0.05) is 24.3 Å². The predicted octanol–water partition coefficient (Wildman–Crippen LogP) is 4.05. The SMILES string of the molecule is O=C(Nc1cccc(-c2ccc3nnc(-c4ccncc4)n3n2)c1)c1cnc2ccccc2n1. The molecule has 0 saturated heterocycles. The summed E-state index contributed by atoms with van der Waals surface area (Å²) in [6.45, 7) is 0. The van der Waals surface area contributed by atoms with Gasteiger partial charge in [0, 0.05) is 29.2 Å². The molecule has 0 fully saturated rings. The van der Waals surface area contributed by atoms with E-state index in [1.54, 1.807) is 16.9 Å². The fourth-order valence-corrected chi connectivity index (χ4v) is 3.64. The van der Waals surface area contributed by atoms with Crippen molar-refractivity contribution < 1.29 is 4.79 Å². The van der Waals surface area contributed by atoms with Gasteiger partial charge < -0.3 is 5.32 Å². The van der Waals surface area contributed by atoms with Gasteiger partial charge in [-0.25, -0.2) is 4.98 Å². The molecule has 2 aromatic carbocycles. The number of carbonyl (C=O) groups is 1. The first kappa shape index (κ1) is 19.6. The quantitative estimate of drug-likeness (QED) is 0.437. The molecule has 0 bridgehead atoms. The number of rotatable bonds is 4. The van der Waals surface area contributed by atoms with Crippen LogP contribution in [0.2, 0.25) is 0 Å². The minimum absolute atomic E-state index is 0.245. The minimum atomic E-state index is -0.336. The van der Waals surface area contributed by atoms with Crippen LogP contribution in [0.4, 0.5) is 5.69 Å². The summed E-state index contributed by atoms with van der Waals surface area (Å²) in [7, 11) is 0. The Morgan fingerprint density at radius 1 is 0.824 bits per heavy atom. The summed E-state index contributed by atoms with van der Waals surface area (Å²) in [6, 6.07) is 22.3.